The van der Waals surface area contributed by atoms with E-state index in [0.29, 0.717) is 0 Å². The molecule has 5 heteroatoms. The lowest BCUT2D eigenvalue weighted by Gasteiger charge is -2.00. The number of hydrogen-bond donors (Lipinski definition) is 1. The van der Waals surface area contributed by atoms with Gasteiger partial charge in [-0.2, -0.15) is 0 Å². The molecular formula is C8H12N2O2S. The van der Waals surface area contributed by atoms with E-state index >= 15 is 0 Å². The first-order chi connectivity index (χ1) is 6.19. The number of carboxylic acids is 1. The Morgan fingerprint density at radius 1 is 1.69 bits per heavy atom. The summed E-state index contributed by atoms with van der Waals surface area (Å²) < 4.78 is 1.84. The fourth-order valence-corrected chi connectivity index (χ4v) is 1.74. The third-order valence-corrected chi connectivity index (χ3v) is 2.45. The summed E-state index contributed by atoms with van der Waals surface area (Å²) in [6.07, 6.45) is 1.57. The van der Waals surface area contributed by atoms with Crippen LogP contribution in [0.2, 0.25) is 0 Å². The van der Waals surface area contributed by atoms with Crippen LogP contribution >= 0.6 is 11.8 Å². The zero-order chi connectivity index (χ0) is 9.84. The minimum absolute atomic E-state index is 0.123. The second kappa shape index (κ2) is 4.32. The van der Waals surface area contributed by atoms with Crippen molar-refractivity contribution in [2.45, 2.75) is 25.5 Å². The van der Waals surface area contributed by atoms with Crippen molar-refractivity contribution in [1.29, 1.82) is 0 Å². The molecule has 0 aliphatic carbocycles. The first-order valence-corrected chi connectivity index (χ1v) is 5.10. The lowest BCUT2D eigenvalue weighted by atomic mass is 10.5. The predicted molar refractivity (Wildman–Crippen MR) is 51.3 cm³/mol. The van der Waals surface area contributed by atoms with E-state index in [1.807, 2.05) is 18.4 Å². The standard InChI is InChI=1S/C8H12N2O2S/c1-3-10-5-6(7(11)12)9-8(10)13-4-2/h5H,3-4H2,1-2H3,(H,11,12). The number of aromatic carboxylic acids is 1. The van der Waals surface area contributed by atoms with E-state index < -0.39 is 5.97 Å². The molecular weight excluding hydrogens is 188 g/mol. The van der Waals surface area contributed by atoms with E-state index in [4.69, 9.17) is 5.11 Å². The van der Waals surface area contributed by atoms with Crippen molar-refractivity contribution in [3.63, 3.8) is 0 Å². The highest BCUT2D eigenvalue weighted by Gasteiger charge is 2.11. The highest BCUT2D eigenvalue weighted by Crippen LogP contribution is 2.16. The summed E-state index contributed by atoms with van der Waals surface area (Å²) in [5.41, 5.74) is 0.123. The lowest BCUT2D eigenvalue weighted by molar-refractivity contribution is 0.0690. The first kappa shape index (κ1) is 10.1. The summed E-state index contributed by atoms with van der Waals surface area (Å²) in [6.45, 7) is 4.73. The van der Waals surface area contributed by atoms with Crippen molar-refractivity contribution in [3.8, 4) is 0 Å². The molecule has 0 saturated heterocycles. The number of carboxylic acid groups (broad SMARTS) is 1. The van der Waals surface area contributed by atoms with Crippen LogP contribution < -0.4 is 0 Å². The topological polar surface area (TPSA) is 55.1 Å². The van der Waals surface area contributed by atoms with Gasteiger partial charge in [0.05, 0.1) is 0 Å². The Hall–Kier alpha value is -0.970. The van der Waals surface area contributed by atoms with Crippen molar-refractivity contribution in [1.82, 2.24) is 9.55 Å². The molecule has 0 saturated carbocycles. The Labute approximate surface area is 81.0 Å². The zero-order valence-corrected chi connectivity index (χ0v) is 8.47. The molecule has 0 bridgehead atoms. The third kappa shape index (κ3) is 2.24. The first-order valence-electron chi connectivity index (χ1n) is 4.12. The summed E-state index contributed by atoms with van der Waals surface area (Å²) in [7, 11) is 0. The van der Waals surface area contributed by atoms with Gasteiger partial charge >= 0.3 is 5.97 Å². The molecule has 0 aromatic carbocycles. The zero-order valence-electron chi connectivity index (χ0n) is 7.65. The normalized spacial score (nSPS) is 10.3. The average molecular weight is 200 g/mol. The van der Waals surface area contributed by atoms with E-state index in [-0.39, 0.29) is 5.69 Å². The van der Waals surface area contributed by atoms with E-state index in [9.17, 15) is 4.79 Å². The van der Waals surface area contributed by atoms with Gasteiger partial charge in [0.25, 0.3) is 0 Å². The predicted octanol–water partition coefficient (Wildman–Crippen LogP) is 1.71. The van der Waals surface area contributed by atoms with Crippen molar-refractivity contribution in [3.05, 3.63) is 11.9 Å². The number of thioether (sulfide) groups is 1. The second-order valence-corrected chi connectivity index (χ2v) is 3.66. The van der Waals surface area contributed by atoms with Gasteiger partial charge in [-0.3, -0.25) is 0 Å². The van der Waals surface area contributed by atoms with E-state index in [0.717, 1.165) is 17.5 Å². The van der Waals surface area contributed by atoms with Crippen LogP contribution in [0, 0.1) is 0 Å². The van der Waals surface area contributed by atoms with Gasteiger partial charge in [0, 0.05) is 12.7 Å². The maximum atomic E-state index is 10.6. The van der Waals surface area contributed by atoms with Crippen LogP contribution in [0.1, 0.15) is 24.3 Å². The minimum Gasteiger partial charge on any atom is -0.476 e. The van der Waals surface area contributed by atoms with Gasteiger partial charge < -0.3 is 9.67 Å². The molecule has 1 N–H and O–H groups in total. The second-order valence-electron chi connectivity index (χ2n) is 2.43. The van der Waals surface area contributed by atoms with Gasteiger partial charge in [0.15, 0.2) is 10.9 Å². The highest BCUT2D eigenvalue weighted by molar-refractivity contribution is 7.99. The van der Waals surface area contributed by atoms with Crippen LogP contribution in [0.15, 0.2) is 11.4 Å². The van der Waals surface area contributed by atoms with Gasteiger partial charge in [-0.25, -0.2) is 9.78 Å². The quantitative estimate of drug-likeness (QED) is 0.752. The molecule has 0 fully saturated rings. The molecule has 4 nitrogen and oxygen atoms in total. The number of aromatic nitrogens is 2. The summed E-state index contributed by atoms with van der Waals surface area (Å²) in [4.78, 5) is 14.6. The highest BCUT2D eigenvalue weighted by atomic mass is 32.2. The molecule has 13 heavy (non-hydrogen) atoms. The Balaban J connectivity index is 2.96. The number of hydrogen-bond acceptors (Lipinski definition) is 3. The van der Waals surface area contributed by atoms with Gasteiger partial charge in [0.1, 0.15) is 0 Å². The summed E-state index contributed by atoms with van der Waals surface area (Å²) in [5.74, 6) is -0.0686. The van der Waals surface area contributed by atoms with Gasteiger partial charge in [-0.05, 0) is 12.7 Å². The molecule has 0 radical (unpaired) electrons. The largest absolute Gasteiger partial charge is 0.476 e. The van der Waals surface area contributed by atoms with Crippen LogP contribution in [-0.2, 0) is 6.54 Å². The van der Waals surface area contributed by atoms with Crippen LogP contribution in [0.4, 0.5) is 0 Å². The van der Waals surface area contributed by atoms with Crippen molar-refractivity contribution in [2.75, 3.05) is 5.75 Å². The smallest absolute Gasteiger partial charge is 0.356 e. The molecule has 0 amide bonds. The van der Waals surface area contributed by atoms with Crippen LogP contribution in [0.3, 0.4) is 0 Å². The van der Waals surface area contributed by atoms with Crippen LogP contribution in [0.25, 0.3) is 0 Å². The number of nitrogens with zero attached hydrogens (tertiary/aromatic N) is 2. The van der Waals surface area contributed by atoms with E-state index in [2.05, 4.69) is 4.98 Å². The number of imidazole rings is 1. The summed E-state index contributed by atoms with van der Waals surface area (Å²) >= 11 is 1.55. The Morgan fingerprint density at radius 3 is 2.85 bits per heavy atom. The van der Waals surface area contributed by atoms with Gasteiger partial charge in [-0.1, -0.05) is 18.7 Å². The maximum Gasteiger partial charge on any atom is 0.356 e. The molecule has 1 aromatic heterocycles. The number of carbonyl (C=O) groups is 1. The molecule has 0 aliphatic rings. The Kier molecular flexibility index (Phi) is 3.36. The molecule has 72 valence electrons. The molecule has 1 heterocycles. The number of aryl methyl sites for hydroxylation is 1. The van der Waals surface area contributed by atoms with Crippen molar-refractivity contribution < 1.29 is 9.90 Å². The fraction of sp³-hybridized carbons (Fsp3) is 0.500. The van der Waals surface area contributed by atoms with Crippen molar-refractivity contribution >= 4 is 17.7 Å². The van der Waals surface area contributed by atoms with E-state index in [1.165, 1.54) is 0 Å². The van der Waals surface area contributed by atoms with Crippen molar-refractivity contribution in [2.24, 2.45) is 0 Å². The molecule has 0 atom stereocenters. The summed E-state index contributed by atoms with van der Waals surface area (Å²) in [6, 6.07) is 0. The monoisotopic (exact) mass is 200 g/mol. The molecule has 0 unspecified atom stereocenters. The SMILES string of the molecule is CCSc1nc(C(=O)O)cn1CC. The average Bonchev–Trinajstić information content (AvgIpc) is 2.48. The third-order valence-electron chi connectivity index (χ3n) is 1.57. The summed E-state index contributed by atoms with van der Waals surface area (Å²) in [5, 5.41) is 9.48. The molecule has 0 spiro atoms. The molecule has 0 aliphatic heterocycles. The van der Waals surface area contributed by atoms with Gasteiger partial charge in [-0.15, -0.1) is 0 Å². The minimum atomic E-state index is -0.967. The Morgan fingerprint density at radius 2 is 2.38 bits per heavy atom. The molecule has 1 rings (SSSR count). The fourth-order valence-electron chi connectivity index (χ4n) is 0.973. The number of rotatable bonds is 4. The lowest BCUT2D eigenvalue weighted by Crippen LogP contribution is -1.95. The van der Waals surface area contributed by atoms with Crippen LogP contribution in [-0.4, -0.2) is 26.4 Å². The Bertz CT molecular complexity index is 309. The van der Waals surface area contributed by atoms with E-state index in [1.54, 1.807) is 18.0 Å². The van der Waals surface area contributed by atoms with Gasteiger partial charge in [0.2, 0.25) is 0 Å². The van der Waals surface area contributed by atoms with Crippen LogP contribution in [0.5, 0.6) is 0 Å². The maximum absolute atomic E-state index is 10.6. The molecule has 1 aromatic rings.